The minimum absolute atomic E-state index is 0.296. The number of Topliss-reactive ketones (excluding diaryl/α,β-unsaturated/α-hetero) is 1. The number of hydrogen-bond acceptors (Lipinski definition) is 3. The van der Waals surface area contributed by atoms with E-state index in [0.717, 1.165) is 11.1 Å². The highest BCUT2D eigenvalue weighted by Gasteiger charge is 2.19. The third-order valence-electron chi connectivity index (χ3n) is 2.69. The molecule has 16 heavy (non-hydrogen) atoms. The van der Waals surface area contributed by atoms with Gasteiger partial charge in [0.15, 0.2) is 5.78 Å². The lowest BCUT2D eigenvalue weighted by molar-refractivity contribution is 0.0987. The van der Waals surface area contributed by atoms with E-state index in [-0.39, 0.29) is 0 Å². The van der Waals surface area contributed by atoms with Gasteiger partial charge in [-0.05, 0) is 30.4 Å². The van der Waals surface area contributed by atoms with Crippen LogP contribution in [0.1, 0.15) is 28.8 Å². The van der Waals surface area contributed by atoms with Gasteiger partial charge in [-0.25, -0.2) is 0 Å². The van der Waals surface area contributed by atoms with E-state index in [1.165, 1.54) is 17.9 Å². The lowest BCUT2D eigenvalue weighted by atomic mass is 10.0. The molecule has 1 aromatic rings. The zero-order valence-electron chi connectivity index (χ0n) is 9.44. The van der Waals surface area contributed by atoms with E-state index in [0.29, 0.717) is 16.8 Å². The maximum atomic E-state index is 12.1. The van der Waals surface area contributed by atoms with Crippen LogP contribution in [0.4, 0.5) is 0 Å². The molecule has 1 fully saturated rings. The van der Waals surface area contributed by atoms with Gasteiger partial charge in [0.2, 0.25) is 0 Å². The van der Waals surface area contributed by atoms with Crippen LogP contribution >= 0.6 is 23.5 Å². The van der Waals surface area contributed by atoms with Crippen molar-refractivity contribution in [3.63, 3.8) is 0 Å². The first kappa shape index (κ1) is 12.1. The molecule has 1 heterocycles. The molecule has 1 aliphatic rings. The number of hydrogen-bond donors (Lipinski definition) is 0. The number of carbonyl (C=O) groups is 1. The third-order valence-corrected chi connectivity index (χ3v) is 5.64. The first-order valence-electron chi connectivity index (χ1n) is 5.59. The summed E-state index contributed by atoms with van der Waals surface area (Å²) in [5.41, 5.74) is 1.99. The van der Waals surface area contributed by atoms with Gasteiger partial charge in [0.05, 0.1) is 4.58 Å². The highest BCUT2D eigenvalue weighted by atomic mass is 32.2. The summed E-state index contributed by atoms with van der Waals surface area (Å²) in [6, 6.07) is 7.88. The molecule has 0 aromatic heterocycles. The van der Waals surface area contributed by atoms with Gasteiger partial charge in [-0.15, -0.1) is 23.5 Å². The van der Waals surface area contributed by atoms with Gasteiger partial charge in [-0.2, -0.15) is 0 Å². The molecule has 0 amide bonds. The van der Waals surface area contributed by atoms with Crippen LogP contribution in [-0.4, -0.2) is 21.9 Å². The van der Waals surface area contributed by atoms with E-state index in [4.69, 9.17) is 0 Å². The Bertz CT molecular complexity index is 370. The Labute approximate surface area is 105 Å². The fraction of sp³-hybridized carbons (Fsp3) is 0.462. The van der Waals surface area contributed by atoms with Crippen molar-refractivity contribution >= 4 is 29.3 Å². The van der Waals surface area contributed by atoms with Crippen LogP contribution in [-0.2, 0) is 0 Å². The van der Waals surface area contributed by atoms with Crippen LogP contribution in [0.3, 0.4) is 0 Å². The number of rotatable bonds is 3. The van der Waals surface area contributed by atoms with Gasteiger partial charge in [-0.1, -0.05) is 24.3 Å². The molecule has 0 atom stereocenters. The summed E-state index contributed by atoms with van der Waals surface area (Å²) >= 11 is 3.87. The van der Waals surface area contributed by atoms with Crippen molar-refractivity contribution in [2.45, 2.75) is 24.3 Å². The van der Waals surface area contributed by atoms with Crippen molar-refractivity contribution in [3.8, 4) is 0 Å². The smallest absolute Gasteiger partial charge is 0.165 e. The molecule has 1 aromatic carbocycles. The monoisotopic (exact) mass is 252 g/mol. The largest absolute Gasteiger partial charge is 0.294 e. The van der Waals surface area contributed by atoms with Gasteiger partial charge in [0.1, 0.15) is 0 Å². The summed E-state index contributed by atoms with van der Waals surface area (Å²) in [6.45, 7) is 2.01. The van der Waals surface area contributed by atoms with Gasteiger partial charge in [-0.3, -0.25) is 4.79 Å². The Morgan fingerprint density at radius 3 is 2.69 bits per heavy atom. The molecule has 0 spiro atoms. The fourth-order valence-electron chi connectivity index (χ4n) is 1.80. The Morgan fingerprint density at radius 1 is 1.31 bits per heavy atom. The second kappa shape index (κ2) is 5.78. The van der Waals surface area contributed by atoms with E-state index in [1.54, 1.807) is 0 Å². The van der Waals surface area contributed by atoms with Gasteiger partial charge in [0, 0.05) is 12.0 Å². The van der Waals surface area contributed by atoms with Crippen LogP contribution in [0.15, 0.2) is 24.3 Å². The van der Waals surface area contributed by atoms with Crippen LogP contribution in [0.25, 0.3) is 0 Å². The molecule has 0 aliphatic carbocycles. The first-order chi connectivity index (χ1) is 7.77. The molecule has 1 nitrogen and oxygen atoms in total. The second-order valence-corrected chi connectivity index (χ2v) is 6.89. The van der Waals surface area contributed by atoms with E-state index in [2.05, 4.69) is 0 Å². The molecule has 0 unspecified atom stereocenters. The molecule has 1 aliphatic heterocycles. The van der Waals surface area contributed by atoms with Crippen molar-refractivity contribution in [1.82, 2.24) is 0 Å². The molecular formula is C13H16OS2. The zero-order chi connectivity index (χ0) is 11.4. The maximum Gasteiger partial charge on any atom is 0.165 e. The zero-order valence-corrected chi connectivity index (χ0v) is 11.1. The lowest BCUT2D eigenvalue weighted by Gasteiger charge is -2.20. The van der Waals surface area contributed by atoms with E-state index in [1.807, 2.05) is 54.7 Å². The average Bonchev–Trinajstić information content (AvgIpc) is 2.31. The van der Waals surface area contributed by atoms with Gasteiger partial charge >= 0.3 is 0 Å². The molecule has 1 saturated heterocycles. The maximum absolute atomic E-state index is 12.1. The van der Waals surface area contributed by atoms with Crippen LogP contribution in [0.5, 0.6) is 0 Å². The Kier molecular flexibility index (Phi) is 4.36. The summed E-state index contributed by atoms with van der Waals surface area (Å²) < 4.78 is 0.473. The minimum Gasteiger partial charge on any atom is -0.294 e. The molecule has 0 N–H and O–H groups in total. The quantitative estimate of drug-likeness (QED) is 0.762. The SMILES string of the molecule is Cc1ccccc1C(=O)CC1SCCCS1. The summed E-state index contributed by atoms with van der Waals surface area (Å²) in [5.74, 6) is 2.71. The molecule has 3 heteroatoms. The lowest BCUT2D eigenvalue weighted by Crippen LogP contribution is -2.13. The number of aryl methyl sites for hydroxylation is 1. The summed E-state index contributed by atoms with van der Waals surface area (Å²) in [7, 11) is 0. The molecule has 0 bridgehead atoms. The van der Waals surface area contributed by atoms with Crippen molar-refractivity contribution in [3.05, 3.63) is 35.4 Å². The average molecular weight is 252 g/mol. The number of ketones is 1. The molecular weight excluding hydrogens is 236 g/mol. The highest BCUT2D eigenvalue weighted by molar-refractivity contribution is 8.17. The van der Waals surface area contributed by atoms with E-state index >= 15 is 0 Å². The van der Waals surface area contributed by atoms with E-state index < -0.39 is 0 Å². The molecule has 0 radical (unpaired) electrons. The molecule has 0 saturated carbocycles. The summed E-state index contributed by atoms with van der Waals surface area (Å²) in [5, 5.41) is 0. The van der Waals surface area contributed by atoms with Crippen LogP contribution in [0.2, 0.25) is 0 Å². The Hall–Kier alpha value is -0.410. The standard InChI is InChI=1S/C13H16OS2/c1-10-5-2-3-6-11(10)12(14)9-13-15-7-4-8-16-13/h2-3,5-6,13H,4,7-9H2,1H3. The summed E-state index contributed by atoms with van der Waals surface area (Å²) in [4.78, 5) is 12.1. The minimum atomic E-state index is 0.296. The second-order valence-electron chi connectivity index (χ2n) is 3.97. The first-order valence-corrected chi connectivity index (χ1v) is 7.69. The topological polar surface area (TPSA) is 17.1 Å². The van der Waals surface area contributed by atoms with E-state index in [9.17, 15) is 4.79 Å². The van der Waals surface area contributed by atoms with Crippen molar-refractivity contribution in [2.24, 2.45) is 0 Å². The predicted octanol–water partition coefficient (Wildman–Crippen LogP) is 3.76. The van der Waals surface area contributed by atoms with Crippen LogP contribution < -0.4 is 0 Å². The van der Waals surface area contributed by atoms with Gasteiger partial charge < -0.3 is 0 Å². The van der Waals surface area contributed by atoms with Crippen molar-refractivity contribution in [1.29, 1.82) is 0 Å². The van der Waals surface area contributed by atoms with Crippen molar-refractivity contribution in [2.75, 3.05) is 11.5 Å². The normalized spacial score (nSPS) is 17.3. The van der Waals surface area contributed by atoms with Crippen molar-refractivity contribution < 1.29 is 4.79 Å². The van der Waals surface area contributed by atoms with Crippen LogP contribution in [0, 0.1) is 6.92 Å². The predicted molar refractivity (Wildman–Crippen MR) is 73.4 cm³/mol. The highest BCUT2D eigenvalue weighted by Crippen LogP contribution is 2.33. The Balaban J connectivity index is 2.00. The third kappa shape index (κ3) is 3.05. The van der Waals surface area contributed by atoms with Gasteiger partial charge in [0.25, 0.3) is 0 Å². The number of thioether (sulfide) groups is 2. The molecule has 2 rings (SSSR count). The fourth-order valence-corrected chi connectivity index (χ4v) is 4.63. The Morgan fingerprint density at radius 2 is 2.00 bits per heavy atom. The molecule has 86 valence electrons. The number of benzene rings is 1. The summed E-state index contributed by atoms with van der Waals surface area (Å²) in [6.07, 6.45) is 1.96. The number of carbonyl (C=O) groups excluding carboxylic acids is 1.